The smallest absolute Gasteiger partial charge is 0.273 e. The Labute approximate surface area is 105 Å². The second-order valence-corrected chi connectivity index (χ2v) is 3.90. The molecule has 2 aromatic heterocycles. The van der Waals surface area contributed by atoms with E-state index in [2.05, 4.69) is 15.1 Å². The summed E-state index contributed by atoms with van der Waals surface area (Å²) in [5.41, 5.74) is 0.275. The molecule has 0 saturated heterocycles. The Morgan fingerprint density at radius 2 is 1.84 bits per heavy atom. The van der Waals surface area contributed by atoms with Crippen molar-refractivity contribution in [3.63, 3.8) is 0 Å². The Bertz CT molecular complexity index is 728. The molecule has 2 heterocycles. The van der Waals surface area contributed by atoms with Crippen LogP contribution >= 0.6 is 0 Å². The molecule has 0 amide bonds. The van der Waals surface area contributed by atoms with Gasteiger partial charge in [0.2, 0.25) is 0 Å². The Morgan fingerprint density at radius 1 is 1.05 bits per heavy atom. The van der Waals surface area contributed by atoms with Crippen molar-refractivity contribution in [2.75, 3.05) is 0 Å². The van der Waals surface area contributed by atoms with Gasteiger partial charge in [-0.1, -0.05) is 18.2 Å². The number of H-pyrrole nitrogens is 1. The van der Waals surface area contributed by atoms with E-state index in [1.165, 1.54) is 6.33 Å². The van der Waals surface area contributed by atoms with Crippen molar-refractivity contribution in [2.45, 2.75) is 6.18 Å². The molecule has 0 bridgehead atoms. The molecule has 1 N–H and O–H groups in total. The number of fused-ring (bicyclic) bond motifs is 1. The number of para-hydroxylation sites is 1. The summed E-state index contributed by atoms with van der Waals surface area (Å²) in [7, 11) is 0. The first-order valence-corrected chi connectivity index (χ1v) is 5.38. The molecule has 7 heteroatoms. The number of halogens is 3. The minimum absolute atomic E-state index is 0.144. The summed E-state index contributed by atoms with van der Waals surface area (Å²) in [6, 6.07) is 8.01. The average Bonchev–Trinajstić information content (AvgIpc) is 2.87. The number of aromatic nitrogens is 4. The van der Waals surface area contributed by atoms with Gasteiger partial charge in [-0.25, -0.2) is 9.97 Å². The SMILES string of the molecule is FC(F)(F)c1cc(-c2ncnc3ccccc23)n[nH]1. The van der Waals surface area contributed by atoms with E-state index in [9.17, 15) is 13.2 Å². The Kier molecular flexibility index (Phi) is 2.48. The Hall–Kier alpha value is -2.44. The molecule has 0 fully saturated rings. The number of hydrogen-bond acceptors (Lipinski definition) is 3. The molecule has 0 aliphatic heterocycles. The summed E-state index contributed by atoms with van der Waals surface area (Å²) in [6.45, 7) is 0. The largest absolute Gasteiger partial charge is 0.432 e. The van der Waals surface area contributed by atoms with E-state index in [1.807, 2.05) is 5.10 Å². The molecule has 1 aromatic carbocycles. The average molecular weight is 264 g/mol. The van der Waals surface area contributed by atoms with Crippen LogP contribution in [-0.4, -0.2) is 20.2 Å². The monoisotopic (exact) mass is 264 g/mol. The second kappa shape index (κ2) is 4.04. The molecule has 0 aliphatic carbocycles. The third-order valence-corrected chi connectivity index (χ3v) is 2.67. The number of hydrogen-bond donors (Lipinski definition) is 1. The van der Waals surface area contributed by atoms with Crippen molar-refractivity contribution < 1.29 is 13.2 Å². The number of benzene rings is 1. The molecule has 0 radical (unpaired) electrons. The van der Waals surface area contributed by atoms with Gasteiger partial charge in [-0.15, -0.1) is 0 Å². The van der Waals surface area contributed by atoms with Gasteiger partial charge in [-0.2, -0.15) is 18.3 Å². The van der Waals surface area contributed by atoms with Crippen LogP contribution in [0, 0.1) is 0 Å². The third kappa shape index (κ3) is 2.03. The highest BCUT2D eigenvalue weighted by atomic mass is 19.4. The number of aromatic amines is 1. The maximum absolute atomic E-state index is 12.5. The van der Waals surface area contributed by atoms with Gasteiger partial charge in [-0.3, -0.25) is 5.10 Å². The maximum Gasteiger partial charge on any atom is 0.432 e. The molecule has 0 atom stereocenters. The van der Waals surface area contributed by atoms with Crippen LogP contribution in [0.15, 0.2) is 36.7 Å². The van der Waals surface area contributed by atoms with E-state index in [4.69, 9.17) is 0 Å². The molecular formula is C12H7F3N4. The molecule has 3 aromatic rings. The van der Waals surface area contributed by atoms with Crippen molar-refractivity contribution in [2.24, 2.45) is 0 Å². The minimum atomic E-state index is -4.45. The lowest BCUT2D eigenvalue weighted by atomic mass is 10.1. The van der Waals surface area contributed by atoms with Crippen molar-refractivity contribution in [3.05, 3.63) is 42.4 Å². The standard InChI is InChI=1S/C12H7F3N4/c13-12(14,15)10-5-9(18-19-10)11-7-3-1-2-4-8(7)16-6-17-11/h1-6H,(H,18,19). The first-order chi connectivity index (χ1) is 9.05. The second-order valence-electron chi connectivity index (χ2n) is 3.90. The van der Waals surface area contributed by atoms with Gasteiger partial charge in [0, 0.05) is 5.39 Å². The lowest BCUT2D eigenvalue weighted by Crippen LogP contribution is -2.04. The van der Waals surface area contributed by atoms with Crippen molar-refractivity contribution in [1.29, 1.82) is 0 Å². The summed E-state index contributed by atoms with van der Waals surface area (Å²) < 4.78 is 37.6. The highest BCUT2D eigenvalue weighted by molar-refractivity contribution is 5.90. The predicted molar refractivity (Wildman–Crippen MR) is 62.1 cm³/mol. The van der Waals surface area contributed by atoms with Crippen LogP contribution in [0.3, 0.4) is 0 Å². The van der Waals surface area contributed by atoms with Gasteiger partial charge >= 0.3 is 6.18 Å². The molecule has 4 nitrogen and oxygen atoms in total. The fourth-order valence-electron chi connectivity index (χ4n) is 1.80. The van der Waals surface area contributed by atoms with Crippen LogP contribution < -0.4 is 0 Å². The summed E-state index contributed by atoms with van der Waals surface area (Å²) in [4.78, 5) is 8.06. The molecule has 0 spiro atoms. The van der Waals surface area contributed by atoms with Gasteiger partial charge in [0.25, 0.3) is 0 Å². The molecule has 0 saturated carbocycles. The van der Waals surface area contributed by atoms with Crippen LogP contribution in [0.2, 0.25) is 0 Å². The summed E-state index contributed by atoms with van der Waals surface area (Å²) >= 11 is 0. The van der Waals surface area contributed by atoms with Gasteiger partial charge in [0.05, 0.1) is 5.52 Å². The van der Waals surface area contributed by atoms with Crippen LogP contribution in [0.4, 0.5) is 13.2 Å². The zero-order chi connectivity index (χ0) is 13.5. The topological polar surface area (TPSA) is 54.5 Å². The molecule has 0 unspecified atom stereocenters. The van der Waals surface area contributed by atoms with Gasteiger partial charge in [-0.05, 0) is 12.1 Å². The van der Waals surface area contributed by atoms with E-state index < -0.39 is 11.9 Å². The molecular weight excluding hydrogens is 257 g/mol. The molecule has 0 aliphatic rings. The van der Waals surface area contributed by atoms with Crippen LogP contribution in [-0.2, 0) is 6.18 Å². The van der Waals surface area contributed by atoms with E-state index >= 15 is 0 Å². The molecule has 3 rings (SSSR count). The zero-order valence-corrected chi connectivity index (χ0v) is 9.44. The summed E-state index contributed by atoms with van der Waals surface area (Å²) in [5, 5.41) is 6.30. The number of nitrogens with one attached hydrogen (secondary N) is 1. The van der Waals surface area contributed by atoms with E-state index in [1.54, 1.807) is 24.3 Å². The van der Waals surface area contributed by atoms with E-state index in [-0.39, 0.29) is 5.69 Å². The first kappa shape index (κ1) is 11.6. The quantitative estimate of drug-likeness (QED) is 0.735. The van der Waals surface area contributed by atoms with Crippen LogP contribution in [0.1, 0.15) is 5.69 Å². The fraction of sp³-hybridized carbons (Fsp3) is 0.0833. The van der Waals surface area contributed by atoms with Gasteiger partial charge < -0.3 is 0 Å². The molecule has 19 heavy (non-hydrogen) atoms. The minimum Gasteiger partial charge on any atom is -0.273 e. The van der Waals surface area contributed by atoms with Crippen LogP contribution in [0.25, 0.3) is 22.3 Å². The number of rotatable bonds is 1. The van der Waals surface area contributed by atoms with Crippen molar-refractivity contribution in [3.8, 4) is 11.4 Å². The van der Waals surface area contributed by atoms with Gasteiger partial charge in [0.1, 0.15) is 23.4 Å². The van der Waals surface area contributed by atoms with Gasteiger partial charge in [0.15, 0.2) is 0 Å². The summed E-state index contributed by atoms with van der Waals surface area (Å²) in [6.07, 6.45) is -3.15. The zero-order valence-electron chi connectivity index (χ0n) is 9.44. The maximum atomic E-state index is 12.5. The number of alkyl halides is 3. The normalized spacial score (nSPS) is 11.9. The lowest BCUT2D eigenvalue weighted by Gasteiger charge is -2.01. The predicted octanol–water partition coefficient (Wildman–Crippen LogP) is 3.04. The third-order valence-electron chi connectivity index (χ3n) is 2.67. The summed E-state index contributed by atoms with van der Waals surface area (Å²) in [5.74, 6) is 0. The molecule has 96 valence electrons. The first-order valence-electron chi connectivity index (χ1n) is 5.38. The van der Waals surface area contributed by atoms with Crippen LogP contribution in [0.5, 0.6) is 0 Å². The van der Waals surface area contributed by atoms with E-state index in [0.717, 1.165) is 6.07 Å². The van der Waals surface area contributed by atoms with E-state index in [0.29, 0.717) is 16.6 Å². The van der Waals surface area contributed by atoms with Crippen molar-refractivity contribution >= 4 is 10.9 Å². The highest BCUT2D eigenvalue weighted by Crippen LogP contribution is 2.31. The lowest BCUT2D eigenvalue weighted by molar-refractivity contribution is -0.141. The Morgan fingerprint density at radius 3 is 2.58 bits per heavy atom. The Balaban J connectivity index is 2.17. The highest BCUT2D eigenvalue weighted by Gasteiger charge is 2.33. The fourth-order valence-corrected chi connectivity index (χ4v) is 1.80. The number of nitrogens with zero attached hydrogens (tertiary/aromatic N) is 3. The van der Waals surface area contributed by atoms with Crippen molar-refractivity contribution in [1.82, 2.24) is 20.2 Å².